The molecule has 0 radical (unpaired) electrons. The van der Waals surface area contributed by atoms with Crippen LogP contribution in [-0.4, -0.2) is 24.1 Å². The fraction of sp³-hybridized carbons (Fsp3) is 0.583. The number of nitrogens with two attached hydrogens (primary N) is 1. The second-order valence-corrected chi connectivity index (χ2v) is 5.25. The molecule has 1 fully saturated rings. The van der Waals surface area contributed by atoms with E-state index < -0.39 is 0 Å². The van der Waals surface area contributed by atoms with Crippen molar-refractivity contribution in [2.45, 2.75) is 25.8 Å². The van der Waals surface area contributed by atoms with Crippen LogP contribution in [0.5, 0.6) is 0 Å². The lowest BCUT2D eigenvalue weighted by Gasteiger charge is -2.38. The van der Waals surface area contributed by atoms with E-state index in [1.165, 1.54) is 5.69 Å². The SMILES string of the molecule is CCC1CN(c2ccncc2Br)CCC1N. The molecule has 2 unspecified atom stereocenters. The molecule has 16 heavy (non-hydrogen) atoms. The summed E-state index contributed by atoms with van der Waals surface area (Å²) in [5, 5.41) is 0. The van der Waals surface area contributed by atoms with Gasteiger partial charge >= 0.3 is 0 Å². The largest absolute Gasteiger partial charge is 0.370 e. The molecule has 2 rings (SSSR count). The molecule has 1 aliphatic rings. The lowest BCUT2D eigenvalue weighted by atomic mass is 9.90. The molecule has 0 amide bonds. The van der Waals surface area contributed by atoms with Crippen molar-refractivity contribution in [3.63, 3.8) is 0 Å². The molecule has 3 nitrogen and oxygen atoms in total. The maximum Gasteiger partial charge on any atom is 0.0592 e. The van der Waals surface area contributed by atoms with Crippen LogP contribution < -0.4 is 10.6 Å². The van der Waals surface area contributed by atoms with Gasteiger partial charge in [-0.2, -0.15) is 0 Å². The summed E-state index contributed by atoms with van der Waals surface area (Å²) in [5.74, 6) is 0.605. The van der Waals surface area contributed by atoms with Crippen LogP contribution in [0.3, 0.4) is 0 Å². The van der Waals surface area contributed by atoms with Gasteiger partial charge < -0.3 is 10.6 Å². The van der Waals surface area contributed by atoms with Gasteiger partial charge in [-0.25, -0.2) is 0 Å². The average molecular weight is 284 g/mol. The molecule has 1 aromatic rings. The summed E-state index contributed by atoms with van der Waals surface area (Å²) >= 11 is 3.55. The van der Waals surface area contributed by atoms with E-state index in [-0.39, 0.29) is 0 Å². The van der Waals surface area contributed by atoms with Crippen LogP contribution in [0.1, 0.15) is 19.8 Å². The van der Waals surface area contributed by atoms with Crippen molar-refractivity contribution in [3.05, 3.63) is 22.9 Å². The summed E-state index contributed by atoms with van der Waals surface area (Å²) in [6.45, 7) is 4.32. The number of rotatable bonds is 2. The number of piperidine rings is 1. The van der Waals surface area contributed by atoms with Gasteiger partial charge in [0.1, 0.15) is 0 Å². The maximum atomic E-state index is 6.12. The van der Waals surface area contributed by atoms with E-state index in [2.05, 4.69) is 38.8 Å². The standard InChI is InChI=1S/C12H18BrN3/c1-2-9-8-16(6-4-11(9)14)12-3-5-15-7-10(12)13/h3,5,7,9,11H,2,4,6,8,14H2,1H3. The van der Waals surface area contributed by atoms with E-state index in [9.17, 15) is 0 Å². The van der Waals surface area contributed by atoms with E-state index in [4.69, 9.17) is 5.73 Å². The number of anilines is 1. The Morgan fingerprint density at radius 1 is 1.62 bits per heavy atom. The minimum absolute atomic E-state index is 0.363. The van der Waals surface area contributed by atoms with Crippen LogP contribution in [0.15, 0.2) is 22.9 Å². The highest BCUT2D eigenvalue weighted by Crippen LogP contribution is 2.29. The van der Waals surface area contributed by atoms with Gasteiger partial charge in [0, 0.05) is 31.5 Å². The predicted octanol–water partition coefficient (Wildman–Crippen LogP) is 2.41. The molecule has 1 saturated heterocycles. The van der Waals surface area contributed by atoms with E-state index in [1.54, 1.807) is 0 Å². The molecule has 0 saturated carbocycles. The van der Waals surface area contributed by atoms with Gasteiger partial charge in [-0.05, 0) is 34.3 Å². The Balaban J connectivity index is 2.14. The zero-order valence-electron chi connectivity index (χ0n) is 9.56. The van der Waals surface area contributed by atoms with Crippen molar-refractivity contribution in [2.24, 2.45) is 11.7 Å². The normalized spacial score (nSPS) is 25.8. The van der Waals surface area contributed by atoms with Crippen LogP contribution in [0.2, 0.25) is 0 Å². The molecule has 1 aliphatic heterocycles. The van der Waals surface area contributed by atoms with E-state index in [1.807, 2.05) is 12.4 Å². The van der Waals surface area contributed by atoms with Crippen LogP contribution in [0.25, 0.3) is 0 Å². The van der Waals surface area contributed by atoms with Crippen LogP contribution in [0.4, 0.5) is 5.69 Å². The minimum Gasteiger partial charge on any atom is -0.370 e. The maximum absolute atomic E-state index is 6.12. The van der Waals surface area contributed by atoms with Crippen LogP contribution >= 0.6 is 15.9 Å². The van der Waals surface area contributed by atoms with Gasteiger partial charge in [0.2, 0.25) is 0 Å². The highest BCUT2D eigenvalue weighted by molar-refractivity contribution is 9.10. The quantitative estimate of drug-likeness (QED) is 0.906. The van der Waals surface area contributed by atoms with Crippen molar-refractivity contribution in [1.82, 2.24) is 4.98 Å². The first-order valence-electron chi connectivity index (χ1n) is 5.82. The molecule has 4 heteroatoms. The number of aromatic nitrogens is 1. The summed E-state index contributed by atoms with van der Waals surface area (Å²) in [4.78, 5) is 6.50. The molecule has 0 aromatic carbocycles. The topological polar surface area (TPSA) is 42.2 Å². The molecular weight excluding hydrogens is 266 g/mol. The highest BCUT2D eigenvalue weighted by atomic mass is 79.9. The summed E-state index contributed by atoms with van der Waals surface area (Å²) in [6.07, 6.45) is 5.92. The summed E-state index contributed by atoms with van der Waals surface area (Å²) in [7, 11) is 0. The monoisotopic (exact) mass is 283 g/mol. The number of hydrogen-bond donors (Lipinski definition) is 1. The predicted molar refractivity (Wildman–Crippen MR) is 70.5 cm³/mol. The third-order valence-electron chi connectivity index (χ3n) is 3.41. The molecule has 88 valence electrons. The average Bonchev–Trinajstić information content (AvgIpc) is 2.31. The van der Waals surface area contributed by atoms with Gasteiger partial charge in [-0.1, -0.05) is 13.3 Å². The van der Waals surface area contributed by atoms with Gasteiger partial charge in [-0.3, -0.25) is 4.98 Å². The van der Waals surface area contributed by atoms with Crippen LogP contribution in [0, 0.1) is 5.92 Å². The van der Waals surface area contributed by atoms with Gasteiger partial charge in [-0.15, -0.1) is 0 Å². The Bertz CT molecular complexity index is 356. The van der Waals surface area contributed by atoms with E-state index in [0.717, 1.165) is 30.4 Å². The zero-order valence-corrected chi connectivity index (χ0v) is 11.2. The summed E-state index contributed by atoms with van der Waals surface area (Å²) < 4.78 is 1.07. The summed E-state index contributed by atoms with van der Waals surface area (Å²) in [6, 6.07) is 2.43. The Hall–Kier alpha value is -0.610. The molecule has 2 heterocycles. The Labute approximate surface area is 105 Å². The molecule has 2 N–H and O–H groups in total. The number of nitrogens with zero attached hydrogens (tertiary/aromatic N) is 2. The highest BCUT2D eigenvalue weighted by Gasteiger charge is 2.26. The van der Waals surface area contributed by atoms with E-state index in [0.29, 0.717) is 12.0 Å². The number of pyridine rings is 1. The molecule has 2 atom stereocenters. The second-order valence-electron chi connectivity index (χ2n) is 4.39. The first-order chi connectivity index (χ1) is 7.72. The van der Waals surface area contributed by atoms with Crippen molar-refractivity contribution < 1.29 is 0 Å². The zero-order chi connectivity index (χ0) is 11.5. The Kier molecular flexibility index (Phi) is 3.82. The minimum atomic E-state index is 0.363. The Morgan fingerprint density at radius 2 is 2.44 bits per heavy atom. The van der Waals surface area contributed by atoms with Crippen molar-refractivity contribution in [2.75, 3.05) is 18.0 Å². The van der Waals surface area contributed by atoms with Crippen molar-refractivity contribution in [1.29, 1.82) is 0 Å². The van der Waals surface area contributed by atoms with Gasteiger partial charge in [0.15, 0.2) is 0 Å². The lowest BCUT2D eigenvalue weighted by molar-refractivity contribution is 0.348. The van der Waals surface area contributed by atoms with Gasteiger partial charge in [0.25, 0.3) is 0 Å². The third-order valence-corrected chi connectivity index (χ3v) is 4.02. The number of halogens is 1. The van der Waals surface area contributed by atoms with E-state index >= 15 is 0 Å². The fourth-order valence-electron chi connectivity index (χ4n) is 2.33. The smallest absolute Gasteiger partial charge is 0.0592 e. The molecule has 0 bridgehead atoms. The lowest BCUT2D eigenvalue weighted by Crippen LogP contribution is -2.47. The van der Waals surface area contributed by atoms with Crippen molar-refractivity contribution in [3.8, 4) is 0 Å². The molecule has 0 aliphatic carbocycles. The second kappa shape index (κ2) is 5.15. The first-order valence-corrected chi connectivity index (χ1v) is 6.61. The number of hydrogen-bond acceptors (Lipinski definition) is 3. The fourth-order valence-corrected chi connectivity index (χ4v) is 2.83. The van der Waals surface area contributed by atoms with Gasteiger partial charge in [0.05, 0.1) is 10.2 Å². The molecular formula is C12H18BrN3. The first kappa shape index (κ1) is 11.9. The Morgan fingerprint density at radius 3 is 3.12 bits per heavy atom. The van der Waals surface area contributed by atoms with Crippen molar-refractivity contribution >= 4 is 21.6 Å². The van der Waals surface area contributed by atoms with Crippen LogP contribution in [-0.2, 0) is 0 Å². The third kappa shape index (κ3) is 2.38. The summed E-state index contributed by atoms with van der Waals surface area (Å²) in [5.41, 5.74) is 7.35. The molecule has 0 spiro atoms. The molecule has 1 aromatic heterocycles.